The molecule has 1 aromatic carbocycles. The van der Waals surface area contributed by atoms with Crippen molar-refractivity contribution in [2.45, 2.75) is 39.7 Å². The maximum Gasteiger partial charge on any atom is 0.191 e. The van der Waals surface area contributed by atoms with Gasteiger partial charge in [0.1, 0.15) is 0 Å². The lowest BCUT2D eigenvalue weighted by Gasteiger charge is -2.26. The van der Waals surface area contributed by atoms with Crippen LogP contribution in [0.15, 0.2) is 29.3 Å². The van der Waals surface area contributed by atoms with Gasteiger partial charge in [-0.15, -0.1) is 24.0 Å². The summed E-state index contributed by atoms with van der Waals surface area (Å²) in [5, 5.41) is 6.70. The molecule has 0 saturated heterocycles. The van der Waals surface area contributed by atoms with Crippen LogP contribution in [0.3, 0.4) is 0 Å². The zero-order chi connectivity index (χ0) is 17.2. The van der Waals surface area contributed by atoms with Crippen molar-refractivity contribution in [1.29, 1.82) is 0 Å². The highest BCUT2D eigenvalue weighted by atomic mass is 127. The van der Waals surface area contributed by atoms with E-state index >= 15 is 0 Å². The summed E-state index contributed by atoms with van der Waals surface area (Å²) in [7, 11) is 0. The normalized spacial score (nSPS) is 14.7. The van der Waals surface area contributed by atoms with Gasteiger partial charge in [-0.3, -0.25) is 4.99 Å². The van der Waals surface area contributed by atoms with Gasteiger partial charge in [-0.05, 0) is 45.2 Å². The highest BCUT2D eigenvalue weighted by molar-refractivity contribution is 14.0. The number of ether oxygens (including phenoxy) is 1. The van der Waals surface area contributed by atoms with E-state index < -0.39 is 0 Å². The molecule has 0 radical (unpaired) electrons. The van der Waals surface area contributed by atoms with E-state index in [2.05, 4.69) is 53.6 Å². The fourth-order valence-electron chi connectivity index (χ4n) is 3.01. The van der Waals surface area contributed by atoms with Gasteiger partial charge in [-0.1, -0.05) is 18.2 Å². The summed E-state index contributed by atoms with van der Waals surface area (Å²) >= 11 is 0. The highest BCUT2D eigenvalue weighted by Crippen LogP contribution is 2.29. The van der Waals surface area contributed by atoms with E-state index in [1.165, 1.54) is 11.3 Å². The van der Waals surface area contributed by atoms with Crippen LogP contribution in [0.1, 0.15) is 32.8 Å². The van der Waals surface area contributed by atoms with E-state index in [-0.39, 0.29) is 24.0 Å². The molecular weight excluding hydrogens is 427 g/mol. The van der Waals surface area contributed by atoms with E-state index in [1.54, 1.807) is 0 Å². The SMILES string of the molecule is CCNC(=NCC(C)N1CCc2ccccc21)NCCCOCC.I. The molecule has 1 heterocycles. The quantitative estimate of drug-likeness (QED) is 0.258. The second-order valence-electron chi connectivity index (χ2n) is 6.12. The lowest BCUT2D eigenvalue weighted by atomic mass is 10.2. The lowest BCUT2D eigenvalue weighted by molar-refractivity contribution is 0.145. The summed E-state index contributed by atoms with van der Waals surface area (Å²) in [6.07, 6.45) is 2.13. The van der Waals surface area contributed by atoms with Crippen molar-refractivity contribution in [3.8, 4) is 0 Å². The average molecular weight is 460 g/mol. The molecule has 25 heavy (non-hydrogen) atoms. The van der Waals surface area contributed by atoms with Gasteiger partial charge in [-0.25, -0.2) is 0 Å². The smallest absolute Gasteiger partial charge is 0.191 e. The number of para-hydroxylation sites is 1. The molecule has 2 rings (SSSR count). The van der Waals surface area contributed by atoms with Crippen molar-refractivity contribution in [2.75, 3.05) is 44.3 Å². The summed E-state index contributed by atoms with van der Waals surface area (Å²) in [6, 6.07) is 9.10. The molecule has 5 nitrogen and oxygen atoms in total. The summed E-state index contributed by atoms with van der Waals surface area (Å²) in [5.74, 6) is 0.897. The Kier molecular flexibility index (Phi) is 10.9. The maximum absolute atomic E-state index is 5.37. The molecule has 1 aliphatic heterocycles. The molecule has 6 heteroatoms. The van der Waals surface area contributed by atoms with Crippen LogP contribution in [-0.2, 0) is 11.2 Å². The number of benzene rings is 1. The Morgan fingerprint density at radius 2 is 2.08 bits per heavy atom. The molecule has 2 N–H and O–H groups in total. The summed E-state index contributed by atoms with van der Waals surface area (Å²) in [5.41, 5.74) is 2.82. The minimum absolute atomic E-state index is 0. The Morgan fingerprint density at radius 3 is 2.84 bits per heavy atom. The number of hydrogen-bond donors (Lipinski definition) is 2. The Morgan fingerprint density at radius 1 is 1.28 bits per heavy atom. The summed E-state index contributed by atoms with van der Waals surface area (Å²) in [4.78, 5) is 7.23. The van der Waals surface area contributed by atoms with Crippen LogP contribution in [0.4, 0.5) is 5.69 Å². The van der Waals surface area contributed by atoms with Crippen molar-refractivity contribution in [3.05, 3.63) is 29.8 Å². The molecule has 0 spiro atoms. The molecule has 0 aliphatic carbocycles. The predicted octanol–water partition coefficient (Wildman–Crippen LogP) is 3.04. The third-order valence-electron chi connectivity index (χ3n) is 4.28. The Hall–Kier alpha value is -1.02. The van der Waals surface area contributed by atoms with Gasteiger partial charge in [0.05, 0.1) is 6.54 Å². The van der Waals surface area contributed by atoms with E-state index in [0.29, 0.717) is 6.04 Å². The number of anilines is 1. The first-order valence-electron chi connectivity index (χ1n) is 9.20. The molecule has 1 aliphatic rings. The van der Waals surface area contributed by atoms with Gasteiger partial charge in [0, 0.05) is 44.6 Å². The minimum atomic E-state index is 0. The van der Waals surface area contributed by atoms with Crippen molar-refractivity contribution in [2.24, 2.45) is 4.99 Å². The van der Waals surface area contributed by atoms with E-state index in [1.807, 2.05) is 6.92 Å². The molecule has 0 bridgehead atoms. The van der Waals surface area contributed by atoms with Crippen molar-refractivity contribution in [1.82, 2.24) is 10.6 Å². The number of rotatable bonds is 9. The highest BCUT2D eigenvalue weighted by Gasteiger charge is 2.22. The number of nitrogens with zero attached hydrogens (tertiary/aromatic N) is 2. The first kappa shape index (κ1) is 22.0. The number of halogens is 1. The number of aliphatic imine (C=N–C) groups is 1. The molecule has 0 saturated carbocycles. The summed E-state index contributed by atoms with van der Waals surface area (Å²) < 4.78 is 5.37. The predicted molar refractivity (Wildman–Crippen MR) is 117 cm³/mol. The first-order valence-corrected chi connectivity index (χ1v) is 9.20. The molecule has 1 unspecified atom stereocenters. The van der Waals surface area contributed by atoms with Crippen LogP contribution in [-0.4, -0.2) is 51.4 Å². The number of hydrogen-bond acceptors (Lipinski definition) is 3. The topological polar surface area (TPSA) is 48.9 Å². The van der Waals surface area contributed by atoms with E-state index in [0.717, 1.165) is 58.2 Å². The zero-order valence-electron chi connectivity index (χ0n) is 15.8. The Bertz CT molecular complexity index is 524. The van der Waals surface area contributed by atoms with Gasteiger partial charge in [-0.2, -0.15) is 0 Å². The third-order valence-corrected chi connectivity index (χ3v) is 4.28. The van der Waals surface area contributed by atoms with Gasteiger partial charge >= 0.3 is 0 Å². The van der Waals surface area contributed by atoms with Crippen LogP contribution in [0.25, 0.3) is 0 Å². The molecule has 1 atom stereocenters. The lowest BCUT2D eigenvalue weighted by Crippen LogP contribution is -2.40. The number of guanidine groups is 1. The van der Waals surface area contributed by atoms with Gasteiger partial charge in [0.15, 0.2) is 5.96 Å². The third kappa shape index (κ3) is 7.01. The zero-order valence-corrected chi connectivity index (χ0v) is 18.1. The maximum atomic E-state index is 5.37. The molecule has 0 amide bonds. The van der Waals surface area contributed by atoms with Crippen molar-refractivity contribution < 1.29 is 4.74 Å². The standard InChI is InChI=1S/C19H32N4O.HI/c1-4-20-19(21-12-8-14-24-5-2)22-15-16(3)23-13-11-17-9-6-7-10-18(17)23;/h6-7,9-10,16H,4-5,8,11-15H2,1-3H3,(H2,20,21,22);1H. The Labute approximate surface area is 169 Å². The fourth-order valence-corrected chi connectivity index (χ4v) is 3.01. The Balaban J connectivity index is 0.00000312. The molecule has 1 aromatic rings. The largest absolute Gasteiger partial charge is 0.382 e. The monoisotopic (exact) mass is 460 g/mol. The second kappa shape index (κ2) is 12.4. The molecule has 0 fully saturated rings. The summed E-state index contributed by atoms with van der Waals surface area (Å²) in [6.45, 7) is 11.6. The fraction of sp³-hybridized carbons (Fsp3) is 0.632. The van der Waals surface area contributed by atoms with Crippen molar-refractivity contribution in [3.63, 3.8) is 0 Å². The minimum Gasteiger partial charge on any atom is -0.382 e. The van der Waals surface area contributed by atoms with Crippen LogP contribution in [0, 0.1) is 0 Å². The first-order chi connectivity index (χ1) is 11.8. The average Bonchev–Trinajstić information content (AvgIpc) is 3.03. The second-order valence-corrected chi connectivity index (χ2v) is 6.12. The van der Waals surface area contributed by atoms with Crippen LogP contribution in [0.2, 0.25) is 0 Å². The van der Waals surface area contributed by atoms with Gasteiger partial charge < -0.3 is 20.3 Å². The van der Waals surface area contributed by atoms with Crippen LogP contribution < -0.4 is 15.5 Å². The molecule has 142 valence electrons. The van der Waals surface area contributed by atoms with Crippen LogP contribution >= 0.6 is 24.0 Å². The molecule has 0 aromatic heterocycles. The van der Waals surface area contributed by atoms with Crippen molar-refractivity contribution >= 4 is 35.6 Å². The van der Waals surface area contributed by atoms with Crippen LogP contribution in [0.5, 0.6) is 0 Å². The number of nitrogens with one attached hydrogen (secondary N) is 2. The number of fused-ring (bicyclic) bond motifs is 1. The van der Waals surface area contributed by atoms with E-state index in [4.69, 9.17) is 9.73 Å². The van der Waals surface area contributed by atoms with E-state index in [9.17, 15) is 0 Å². The molecular formula is C19H33IN4O. The van der Waals surface area contributed by atoms with Gasteiger partial charge in [0.25, 0.3) is 0 Å². The van der Waals surface area contributed by atoms with Gasteiger partial charge in [0.2, 0.25) is 0 Å².